The van der Waals surface area contributed by atoms with E-state index in [9.17, 15) is 13.2 Å². The fourth-order valence-corrected chi connectivity index (χ4v) is 1.30. The van der Waals surface area contributed by atoms with Crippen molar-refractivity contribution in [3.05, 3.63) is 54.2 Å². The van der Waals surface area contributed by atoms with Crippen LogP contribution in [-0.2, 0) is 30.2 Å². The Hall–Kier alpha value is -1.28. The molecule has 0 bridgehead atoms. The normalized spacial score (nSPS) is 11.0. The molecule has 1 N–H and O–H groups in total. The largest absolute Gasteiger partial charge is 0.522 e. The fraction of sp³-hybridized carbons (Fsp3) is 0.154. The first kappa shape index (κ1) is 20.7. The summed E-state index contributed by atoms with van der Waals surface area (Å²) in [5.74, 6) is 0. The standard InChI is InChI=1S/C12H11N.CHF3O3S.Ir/c1-10-7-8-13-12(9-10)11-5-3-2-4-6-11;2-1(3,4)8(5,6)7;/h2-9H,1H3;(H,5,6,7);. The van der Waals surface area contributed by atoms with E-state index in [4.69, 9.17) is 13.0 Å². The zero-order valence-corrected chi connectivity index (χ0v) is 14.4. The molecule has 4 nitrogen and oxygen atoms in total. The SMILES string of the molecule is Cc1ccnc(-c2ccccc2)c1.O=S(=O)(O)C(F)(F)F.[Ir]. The minimum Gasteiger partial charge on any atom is -0.279 e. The Morgan fingerprint density at radius 1 is 1.09 bits per heavy atom. The molecule has 0 unspecified atom stereocenters. The van der Waals surface area contributed by atoms with Crippen LogP contribution in [0.3, 0.4) is 0 Å². The Morgan fingerprint density at radius 3 is 2.00 bits per heavy atom. The van der Waals surface area contributed by atoms with Crippen LogP contribution < -0.4 is 0 Å². The summed E-state index contributed by atoms with van der Waals surface area (Å²) < 4.78 is 57.5. The van der Waals surface area contributed by atoms with Gasteiger partial charge in [-0.15, -0.1) is 0 Å². The number of aromatic nitrogens is 1. The van der Waals surface area contributed by atoms with Gasteiger partial charge in [-0.05, 0) is 24.6 Å². The molecule has 0 spiro atoms. The van der Waals surface area contributed by atoms with E-state index >= 15 is 0 Å². The Kier molecular flexibility index (Phi) is 7.89. The van der Waals surface area contributed by atoms with Gasteiger partial charge in [-0.3, -0.25) is 9.54 Å². The molecule has 1 heterocycles. The van der Waals surface area contributed by atoms with E-state index in [1.165, 1.54) is 11.1 Å². The number of halogens is 3. The van der Waals surface area contributed by atoms with Gasteiger partial charge in [-0.1, -0.05) is 30.3 Å². The minimum atomic E-state index is -5.84. The van der Waals surface area contributed by atoms with Crippen LogP contribution >= 0.6 is 0 Å². The summed E-state index contributed by atoms with van der Waals surface area (Å²) in [5.41, 5.74) is -2.08. The Morgan fingerprint density at radius 2 is 1.59 bits per heavy atom. The summed E-state index contributed by atoms with van der Waals surface area (Å²) in [6.45, 7) is 2.08. The van der Waals surface area contributed by atoms with Gasteiger partial charge in [0.05, 0.1) is 5.69 Å². The van der Waals surface area contributed by atoms with Crippen molar-refractivity contribution in [2.75, 3.05) is 0 Å². The maximum absolute atomic E-state index is 10.7. The van der Waals surface area contributed by atoms with Gasteiger partial charge in [0.2, 0.25) is 0 Å². The molecule has 0 saturated heterocycles. The third-order valence-corrected chi connectivity index (χ3v) is 2.86. The number of alkyl halides is 3. The van der Waals surface area contributed by atoms with E-state index in [1.807, 2.05) is 30.5 Å². The van der Waals surface area contributed by atoms with Crippen molar-refractivity contribution in [1.82, 2.24) is 4.98 Å². The van der Waals surface area contributed by atoms with Gasteiger partial charge in [-0.2, -0.15) is 21.6 Å². The number of benzene rings is 1. The molecule has 1 radical (unpaired) electrons. The maximum atomic E-state index is 10.7. The van der Waals surface area contributed by atoms with Crippen LogP contribution in [0.4, 0.5) is 13.2 Å². The smallest absolute Gasteiger partial charge is 0.279 e. The zero-order chi connectivity index (χ0) is 16.1. The molecule has 22 heavy (non-hydrogen) atoms. The summed E-state index contributed by atoms with van der Waals surface area (Å²) in [4.78, 5) is 4.31. The Labute approximate surface area is 139 Å². The first-order valence-corrected chi connectivity index (χ1v) is 7.07. The summed E-state index contributed by atoms with van der Waals surface area (Å²) in [6, 6.07) is 14.3. The number of hydrogen-bond acceptors (Lipinski definition) is 3. The molecule has 123 valence electrons. The fourth-order valence-electron chi connectivity index (χ4n) is 1.30. The van der Waals surface area contributed by atoms with Gasteiger partial charge in [-0.25, -0.2) is 0 Å². The van der Waals surface area contributed by atoms with Gasteiger partial charge in [0.15, 0.2) is 0 Å². The molecule has 9 heteroatoms. The van der Waals surface area contributed by atoms with Gasteiger partial charge in [0.25, 0.3) is 0 Å². The van der Waals surface area contributed by atoms with Crippen molar-refractivity contribution in [1.29, 1.82) is 0 Å². The van der Waals surface area contributed by atoms with E-state index < -0.39 is 15.6 Å². The topological polar surface area (TPSA) is 67.3 Å². The second-order valence-electron chi connectivity index (χ2n) is 4.01. The quantitative estimate of drug-likeness (QED) is 0.471. The molecule has 0 atom stereocenters. The van der Waals surface area contributed by atoms with Gasteiger partial charge >= 0.3 is 15.6 Å². The van der Waals surface area contributed by atoms with Crippen LogP contribution in [0.25, 0.3) is 11.3 Å². The van der Waals surface area contributed by atoms with Gasteiger partial charge in [0.1, 0.15) is 0 Å². The number of rotatable bonds is 1. The molecule has 2 rings (SSSR count). The monoisotopic (exact) mass is 512 g/mol. The predicted molar refractivity (Wildman–Crippen MR) is 72.0 cm³/mol. The minimum absolute atomic E-state index is 0. The van der Waals surface area contributed by atoms with Crippen molar-refractivity contribution in [2.24, 2.45) is 0 Å². The molecule has 0 amide bonds. The van der Waals surface area contributed by atoms with Crippen molar-refractivity contribution in [3.8, 4) is 11.3 Å². The van der Waals surface area contributed by atoms with Crippen LogP contribution in [0, 0.1) is 6.92 Å². The van der Waals surface area contributed by atoms with Crippen molar-refractivity contribution in [3.63, 3.8) is 0 Å². The molecule has 0 aliphatic heterocycles. The predicted octanol–water partition coefficient (Wildman–Crippen LogP) is 3.45. The van der Waals surface area contributed by atoms with Crippen molar-refractivity contribution >= 4 is 10.1 Å². The molecule has 0 aliphatic rings. The number of hydrogen-bond donors (Lipinski definition) is 1. The maximum Gasteiger partial charge on any atom is 0.522 e. The number of nitrogens with zero attached hydrogens (tertiary/aromatic N) is 1. The Balaban J connectivity index is 0.000000432. The first-order valence-electron chi connectivity index (χ1n) is 5.63. The van der Waals surface area contributed by atoms with Crippen LogP contribution in [0.2, 0.25) is 0 Å². The van der Waals surface area contributed by atoms with Crippen LogP contribution in [0.5, 0.6) is 0 Å². The summed E-state index contributed by atoms with van der Waals surface area (Å²) in [6.07, 6.45) is 1.84. The van der Waals surface area contributed by atoms with E-state index in [0.29, 0.717) is 0 Å². The average Bonchev–Trinajstić information content (AvgIpc) is 2.38. The molecule has 1 aromatic carbocycles. The third kappa shape index (κ3) is 6.65. The molecule has 2 aromatic rings. The van der Waals surface area contributed by atoms with Crippen LogP contribution in [-0.4, -0.2) is 23.5 Å². The molecule has 0 aliphatic carbocycles. The van der Waals surface area contributed by atoms with Crippen molar-refractivity contribution in [2.45, 2.75) is 12.4 Å². The summed E-state index contributed by atoms with van der Waals surface area (Å²) >= 11 is 0. The van der Waals surface area contributed by atoms with Gasteiger partial charge in [0, 0.05) is 31.9 Å². The number of pyridine rings is 1. The van der Waals surface area contributed by atoms with Gasteiger partial charge < -0.3 is 0 Å². The second kappa shape index (κ2) is 8.38. The van der Waals surface area contributed by atoms with E-state index in [0.717, 1.165) is 5.69 Å². The van der Waals surface area contributed by atoms with E-state index in [2.05, 4.69) is 30.1 Å². The van der Waals surface area contributed by atoms with E-state index in [1.54, 1.807) is 0 Å². The molecule has 0 saturated carbocycles. The molecular weight excluding hydrogens is 499 g/mol. The third-order valence-electron chi connectivity index (χ3n) is 2.28. The van der Waals surface area contributed by atoms with E-state index in [-0.39, 0.29) is 20.1 Å². The van der Waals surface area contributed by atoms with Crippen LogP contribution in [0.1, 0.15) is 5.56 Å². The Bertz CT molecular complexity index is 691. The van der Waals surface area contributed by atoms with Crippen LogP contribution in [0.15, 0.2) is 48.7 Å². The summed E-state index contributed by atoms with van der Waals surface area (Å²) in [5, 5.41) is 0. The average molecular weight is 512 g/mol. The van der Waals surface area contributed by atoms with Crippen molar-refractivity contribution < 1.29 is 46.2 Å². The number of aryl methyl sites for hydroxylation is 1. The molecule has 1 aromatic heterocycles. The first-order chi connectivity index (χ1) is 9.61. The molecule has 0 fully saturated rings. The summed E-state index contributed by atoms with van der Waals surface area (Å²) in [7, 11) is -5.84. The molecular formula is C13H12F3IrNO3S. The second-order valence-corrected chi connectivity index (χ2v) is 5.42. The zero-order valence-electron chi connectivity index (χ0n) is 11.2.